The molecule has 0 N–H and O–H groups in total. The standard InChI is InChI=1S/C19H21N3O/c1-13-9-10-17-20-19(15-8-6-5-7-14(15)2)16(22(17)12-13)11-18(23)21(3)4/h5-10,12H,11H2,1-4H3. The monoisotopic (exact) mass is 307 g/mol. The molecule has 0 spiro atoms. The van der Waals surface area contributed by atoms with Crippen molar-refractivity contribution in [2.24, 2.45) is 0 Å². The Hall–Kier alpha value is -2.62. The third-order valence-electron chi connectivity index (χ3n) is 4.08. The van der Waals surface area contributed by atoms with Crippen LogP contribution < -0.4 is 0 Å². The number of carbonyl (C=O) groups is 1. The minimum absolute atomic E-state index is 0.0724. The van der Waals surface area contributed by atoms with Crippen LogP contribution in [0.2, 0.25) is 0 Å². The van der Waals surface area contributed by atoms with Crippen molar-refractivity contribution in [2.75, 3.05) is 14.1 Å². The highest BCUT2D eigenvalue weighted by Crippen LogP contribution is 2.28. The molecule has 0 aliphatic carbocycles. The molecule has 4 heteroatoms. The Labute approximate surface area is 136 Å². The van der Waals surface area contributed by atoms with Gasteiger partial charge in [0.2, 0.25) is 5.91 Å². The molecule has 2 heterocycles. The van der Waals surface area contributed by atoms with Crippen molar-refractivity contribution < 1.29 is 4.79 Å². The summed E-state index contributed by atoms with van der Waals surface area (Å²) in [5.41, 5.74) is 6.09. The van der Waals surface area contributed by atoms with Gasteiger partial charge in [-0.05, 0) is 31.0 Å². The summed E-state index contributed by atoms with van der Waals surface area (Å²) in [6.07, 6.45) is 2.38. The van der Waals surface area contributed by atoms with Gasteiger partial charge in [0.1, 0.15) is 5.65 Å². The number of hydrogen-bond donors (Lipinski definition) is 0. The predicted octanol–water partition coefficient (Wildman–Crippen LogP) is 3.25. The highest BCUT2D eigenvalue weighted by molar-refractivity contribution is 5.81. The third-order valence-corrected chi connectivity index (χ3v) is 4.08. The summed E-state index contributed by atoms with van der Waals surface area (Å²) in [5, 5.41) is 0. The molecule has 23 heavy (non-hydrogen) atoms. The maximum Gasteiger partial charge on any atom is 0.228 e. The number of nitrogens with zero attached hydrogens (tertiary/aromatic N) is 3. The fourth-order valence-corrected chi connectivity index (χ4v) is 2.72. The van der Waals surface area contributed by atoms with Gasteiger partial charge in [-0.25, -0.2) is 4.98 Å². The fourth-order valence-electron chi connectivity index (χ4n) is 2.72. The minimum atomic E-state index is 0.0724. The Morgan fingerprint density at radius 1 is 1.13 bits per heavy atom. The number of aryl methyl sites for hydroxylation is 2. The van der Waals surface area contributed by atoms with Crippen LogP contribution in [0.25, 0.3) is 16.9 Å². The first-order valence-corrected chi connectivity index (χ1v) is 7.71. The van der Waals surface area contributed by atoms with Gasteiger partial charge in [0.05, 0.1) is 17.8 Å². The lowest BCUT2D eigenvalue weighted by Crippen LogP contribution is -2.24. The van der Waals surface area contributed by atoms with Crippen LogP contribution in [0.3, 0.4) is 0 Å². The molecule has 0 fully saturated rings. The lowest BCUT2D eigenvalue weighted by atomic mass is 10.0. The van der Waals surface area contributed by atoms with Crippen molar-refractivity contribution >= 4 is 11.6 Å². The van der Waals surface area contributed by atoms with Gasteiger partial charge in [0.25, 0.3) is 0 Å². The normalized spacial score (nSPS) is 11.0. The summed E-state index contributed by atoms with van der Waals surface area (Å²) in [6, 6.07) is 12.2. The Bertz CT molecular complexity index is 877. The van der Waals surface area contributed by atoms with Crippen molar-refractivity contribution in [3.63, 3.8) is 0 Å². The number of aromatic nitrogens is 2. The molecule has 4 nitrogen and oxygen atoms in total. The van der Waals surface area contributed by atoms with E-state index in [2.05, 4.69) is 19.1 Å². The SMILES string of the molecule is Cc1ccc2nc(-c3ccccc3C)c(CC(=O)N(C)C)n2c1. The number of imidazole rings is 1. The summed E-state index contributed by atoms with van der Waals surface area (Å²) in [4.78, 5) is 18.7. The number of benzene rings is 1. The number of carbonyl (C=O) groups excluding carboxylic acids is 1. The van der Waals surface area contributed by atoms with Crippen LogP contribution in [0.15, 0.2) is 42.6 Å². The fraction of sp³-hybridized carbons (Fsp3) is 0.263. The maximum atomic E-state index is 12.3. The summed E-state index contributed by atoms with van der Waals surface area (Å²) < 4.78 is 2.04. The van der Waals surface area contributed by atoms with Crippen LogP contribution in [0.5, 0.6) is 0 Å². The molecule has 0 aliphatic rings. The van der Waals surface area contributed by atoms with Gasteiger partial charge in [0, 0.05) is 25.9 Å². The number of rotatable bonds is 3. The maximum absolute atomic E-state index is 12.3. The molecule has 3 rings (SSSR count). The lowest BCUT2D eigenvalue weighted by molar-refractivity contribution is -0.128. The minimum Gasteiger partial charge on any atom is -0.348 e. The number of amides is 1. The zero-order chi connectivity index (χ0) is 16.6. The molecule has 0 radical (unpaired) electrons. The summed E-state index contributed by atoms with van der Waals surface area (Å²) in [5.74, 6) is 0.0724. The van der Waals surface area contributed by atoms with Crippen molar-refractivity contribution in [1.29, 1.82) is 0 Å². The molecule has 3 aromatic rings. The summed E-state index contributed by atoms with van der Waals surface area (Å²) >= 11 is 0. The summed E-state index contributed by atoms with van der Waals surface area (Å²) in [7, 11) is 3.56. The van der Waals surface area contributed by atoms with Gasteiger partial charge in [-0.15, -0.1) is 0 Å². The van der Waals surface area contributed by atoms with Crippen LogP contribution in [-0.2, 0) is 11.2 Å². The van der Waals surface area contributed by atoms with Crippen molar-refractivity contribution in [1.82, 2.24) is 14.3 Å². The van der Waals surface area contributed by atoms with Crippen LogP contribution in [0, 0.1) is 13.8 Å². The van der Waals surface area contributed by atoms with Gasteiger partial charge in [-0.2, -0.15) is 0 Å². The first-order valence-electron chi connectivity index (χ1n) is 7.71. The van der Waals surface area contributed by atoms with E-state index in [0.717, 1.165) is 33.7 Å². The Balaban J connectivity index is 2.24. The second-order valence-electron chi connectivity index (χ2n) is 6.12. The van der Waals surface area contributed by atoms with Gasteiger partial charge >= 0.3 is 0 Å². The predicted molar refractivity (Wildman–Crippen MR) is 92.5 cm³/mol. The quantitative estimate of drug-likeness (QED) is 0.745. The number of fused-ring (bicyclic) bond motifs is 1. The zero-order valence-corrected chi connectivity index (χ0v) is 14.0. The van der Waals surface area contributed by atoms with Crippen LogP contribution in [-0.4, -0.2) is 34.3 Å². The van der Waals surface area contributed by atoms with E-state index in [1.165, 1.54) is 0 Å². The topological polar surface area (TPSA) is 37.6 Å². The van der Waals surface area contributed by atoms with E-state index in [-0.39, 0.29) is 5.91 Å². The molecule has 0 saturated carbocycles. The van der Waals surface area contributed by atoms with E-state index in [1.807, 2.05) is 41.8 Å². The van der Waals surface area contributed by atoms with E-state index in [1.54, 1.807) is 19.0 Å². The Morgan fingerprint density at radius 3 is 2.57 bits per heavy atom. The molecule has 0 bridgehead atoms. The van der Waals surface area contributed by atoms with Gasteiger partial charge < -0.3 is 9.30 Å². The third kappa shape index (κ3) is 2.84. The first kappa shape index (κ1) is 15.3. The van der Waals surface area contributed by atoms with Crippen molar-refractivity contribution in [3.05, 3.63) is 59.4 Å². The largest absolute Gasteiger partial charge is 0.348 e. The molecule has 1 aromatic carbocycles. The molecule has 0 atom stereocenters. The smallest absolute Gasteiger partial charge is 0.228 e. The molecular formula is C19H21N3O. The molecular weight excluding hydrogens is 286 g/mol. The average molecular weight is 307 g/mol. The number of likely N-dealkylation sites (N-methyl/N-ethyl adjacent to an activating group) is 1. The van der Waals surface area contributed by atoms with Crippen LogP contribution in [0.1, 0.15) is 16.8 Å². The van der Waals surface area contributed by atoms with Gasteiger partial charge in [0.15, 0.2) is 0 Å². The molecule has 0 saturated heterocycles. The van der Waals surface area contributed by atoms with E-state index >= 15 is 0 Å². The van der Waals surface area contributed by atoms with Gasteiger partial charge in [-0.3, -0.25) is 4.79 Å². The molecule has 0 unspecified atom stereocenters. The lowest BCUT2D eigenvalue weighted by Gasteiger charge is -2.12. The van der Waals surface area contributed by atoms with Crippen LogP contribution >= 0.6 is 0 Å². The number of hydrogen-bond acceptors (Lipinski definition) is 2. The van der Waals surface area contributed by atoms with E-state index in [9.17, 15) is 4.79 Å². The first-order chi connectivity index (χ1) is 11.0. The van der Waals surface area contributed by atoms with Crippen molar-refractivity contribution in [2.45, 2.75) is 20.3 Å². The van der Waals surface area contributed by atoms with Crippen molar-refractivity contribution in [3.8, 4) is 11.3 Å². The average Bonchev–Trinajstić information content (AvgIpc) is 2.85. The molecule has 2 aromatic heterocycles. The Morgan fingerprint density at radius 2 is 1.87 bits per heavy atom. The second kappa shape index (κ2) is 5.88. The van der Waals surface area contributed by atoms with E-state index < -0.39 is 0 Å². The zero-order valence-electron chi connectivity index (χ0n) is 14.0. The van der Waals surface area contributed by atoms with Gasteiger partial charge in [-0.1, -0.05) is 30.3 Å². The molecule has 1 amide bonds. The van der Waals surface area contributed by atoms with E-state index in [4.69, 9.17) is 4.98 Å². The van der Waals surface area contributed by atoms with Crippen LogP contribution in [0.4, 0.5) is 0 Å². The summed E-state index contributed by atoms with van der Waals surface area (Å²) in [6.45, 7) is 4.12. The highest BCUT2D eigenvalue weighted by atomic mass is 16.2. The number of pyridine rings is 1. The second-order valence-corrected chi connectivity index (χ2v) is 6.12. The highest BCUT2D eigenvalue weighted by Gasteiger charge is 2.19. The molecule has 0 aliphatic heterocycles. The molecule has 118 valence electrons. The Kier molecular flexibility index (Phi) is 3.90. The van der Waals surface area contributed by atoms with E-state index in [0.29, 0.717) is 6.42 Å².